The largest absolute Gasteiger partial charge is 0.493 e. The van der Waals surface area contributed by atoms with Crippen molar-refractivity contribution in [3.8, 4) is 16.9 Å². The number of ether oxygens (including phenoxy) is 1. The van der Waals surface area contributed by atoms with Gasteiger partial charge in [0.1, 0.15) is 5.75 Å². The van der Waals surface area contributed by atoms with Crippen LogP contribution in [-0.2, 0) is 0 Å². The van der Waals surface area contributed by atoms with Crippen molar-refractivity contribution in [3.05, 3.63) is 102 Å². The molecule has 0 saturated heterocycles. The van der Waals surface area contributed by atoms with Crippen LogP contribution in [-0.4, -0.2) is 14.7 Å². The second-order valence-electron chi connectivity index (χ2n) is 10.7. The lowest BCUT2D eigenvalue weighted by Gasteiger charge is -2.32. The minimum atomic E-state index is -2.45. The lowest BCUT2D eigenvalue weighted by molar-refractivity contribution is 0.302. The van der Waals surface area contributed by atoms with Crippen LogP contribution in [0.5, 0.6) is 5.75 Å². The van der Waals surface area contributed by atoms with E-state index in [1.165, 1.54) is 80.7 Å². The molecule has 4 aromatic rings. The van der Waals surface area contributed by atoms with E-state index in [1.807, 2.05) is 0 Å². The highest BCUT2D eigenvalue weighted by molar-refractivity contribution is 7.22. The average Bonchev–Trinajstić information content (AvgIpc) is 3.18. The monoisotopic (exact) mass is 504 g/mol. The zero-order valence-electron chi connectivity index (χ0n) is 22.9. The molecule has 0 N–H and O–H groups in total. The molecule has 4 aromatic carbocycles. The molecule has 0 atom stereocenters. The highest BCUT2D eigenvalue weighted by Gasteiger charge is 2.49. The lowest BCUT2D eigenvalue weighted by atomic mass is 9.99. The summed E-state index contributed by atoms with van der Waals surface area (Å²) in [6.07, 6.45) is 7.68. The van der Waals surface area contributed by atoms with Gasteiger partial charge in [0.15, 0.2) is 8.07 Å². The molecule has 0 amide bonds. The maximum atomic E-state index is 6.43. The highest BCUT2D eigenvalue weighted by Crippen LogP contribution is 2.34. The van der Waals surface area contributed by atoms with E-state index in [4.69, 9.17) is 4.74 Å². The van der Waals surface area contributed by atoms with E-state index >= 15 is 0 Å². The fraction of sp³-hybridized carbons (Fsp3) is 0.314. The van der Waals surface area contributed by atoms with Gasteiger partial charge < -0.3 is 4.74 Å². The molecular formula is C35H40OSi. The third-order valence-corrected chi connectivity index (χ3v) is 13.1. The molecule has 0 spiro atoms. The van der Waals surface area contributed by atoms with E-state index in [9.17, 15) is 0 Å². The summed E-state index contributed by atoms with van der Waals surface area (Å²) in [6, 6.07) is 32.2. The third-order valence-electron chi connectivity index (χ3n) is 8.22. The summed E-state index contributed by atoms with van der Waals surface area (Å²) in [5.74, 6) is 1.04. The van der Waals surface area contributed by atoms with Crippen LogP contribution < -0.4 is 25.5 Å². The first-order chi connectivity index (χ1) is 18.1. The van der Waals surface area contributed by atoms with Gasteiger partial charge in [-0.3, -0.25) is 0 Å². The van der Waals surface area contributed by atoms with E-state index < -0.39 is 8.07 Å². The number of benzene rings is 4. The van der Waals surface area contributed by atoms with Gasteiger partial charge in [-0.15, -0.1) is 0 Å². The van der Waals surface area contributed by atoms with Crippen LogP contribution in [0.4, 0.5) is 0 Å². The predicted octanol–water partition coefficient (Wildman–Crippen LogP) is 6.71. The summed E-state index contributed by atoms with van der Waals surface area (Å²) in [7, 11) is -2.45. The van der Waals surface area contributed by atoms with Crippen molar-refractivity contribution in [2.75, 3.05) is 6.61 Å². The lowest BCUT2D eigenvalue weighted by Crippen LogP contribution is -2.72. The Morgan fingerprint density at radius 1 is 0.568 bits per heavy atom. The van der Waals surface area contributed by atoms with Gasteiger partial charge in [-0.25, -0.2) is 0 Å². The van der Waals surface area contributed by atoms with Crippen LogP contribution >= 0.6 is 0 Å². The Morgan fingerprint density at radius 3 is 1.70 bits per heavy atom. The van der Waals surface area contributed by atoms with Gasteiger partial charge in [-0.05, 0) is 81.8 Å². The number of aryl methyl sites for hydroxylation is 3. The van der Waals surface area contributed by atoms with E-state index in [0.29, 0.717) is 0 Å². The summed E-state index contributed by atoms with van der Waals surface area (Å²) in [5, 5.41) is 5.90. The number of unbranched alkanes of at least 4 members (excludes halogenated alkanes) is 5. The Labute approximate surface area is 224 Å². The maximum Gasteiger partial charge on any atom is 0.180 e. The molecule has 1 aliphatic heterocycles. The second-order valence-corrected chi connectivity index (χ2v) is 14.5. The van der Waals surface area contributed by atoms with Crippen molar-refractivity contribution in [2.45, 2.75) is 66.2 Å². The number of rotatable bonds is 10. The van der Waals surface area contributed by atoms with Gasteiger partial charge in [0.05, 0.1) is 6.61 Å². The molecule has 0 aliphatic carbocycles. The van der Waals surface area contributed by atoms with E-state index in [2.05, 4.69) is 113 Å². The normalized spacial score (nSPS) is 13.3. The molecule has 1 aliphatic rings. The van der Waals surface area contributed by atoms with E-state index in [-0.39, 0.29) is 0 Å². The van der Waals surface area contributed by atoms with Crippen LogP contribution in [0, 0.1) is 20.8 Å². The van der Waals surface area contributed by atoms with E-state index in [1.54, 1.807) is 0 Å². The number of fused-ring (bicyclic) bond motifs is 3. The summed E-state index contributed by atoms with van der Waals surface area (Å²) in [5.41, 5.74) is 6.72. The zero-order chi connectivity index (χ0) is 25.8. The topological polar surface area (TPSA) is 9.23 Å². The first-order valence-electron chi connectivity index (χ1n) is 14.1. The van der Waals surface area contributed by atoms with Crippen molar-refractivity contribution in [3.63, 3.8) is 0 Å². The first-order valence-corrected chi connectivity index (χ1v) is 16.1. The summed E-state index contributed by atoms with van der Waals surface area (Å²) in [4.78, 5) is 0. The Balaban J connectivity index is 1.63. The molecule has 5 rings (SSSR count). The van der Waals surface area contributed by atoms with Crippen LogP contribution in [0.3, 0.4) is 0 Å². The maximum absolute atomic E-state index is 6.43. The first kappa shape index (κ1) is 25.5. The van der Waals surface area contributed by atoms with Crippen LogP contribution in [0.2, 0.25) is 0 Å². The molecular weight excluding hydrogens is 464 g/mol. The van der Waals surface area contributed by atoms with Crippen molar-refractivity contribution < 1.29 is 4.74 Å². The second kappa shape index (κ2) is 11.1. The molecule has 0 saturated carbocycles. The van der Waals surface area contributed by atoms with Crippen molar-refractivity contribution in [1.82, 2.24) is 0 Å². The quantitative estimate of drug-likeness (QED) is 0.152. The minimum Gasteiger partial charge on any atom is -0.493 e. The van der Waals surface area contributed by atoms with Crippen LogP contribution in [0.15, 0.2) is 84.9 Å². The van der Waals surface area contributed by atoms with Gasteiger partial charge in [-0.2, -0.15) is 0 Å². The van der Waals surface area contributed by atoms with Crippen molar-refractivity contribution >= 4 is 28.8 Å². The SMILES string of the molecule is CCCCCCCCOc1cc2c(cc1C)[Si](c1ccccc1)(c1ccccc1)c1cc(C)c(C)cc1-2. The van der Waals surface area contributed by atoms with Crippen molar-refractivity contribution in [2.24, 2.45) is 0 Å². The van der Waals surface area contributed by atoms with Crippen LogP contribution in [0.25, 0.3) is 11.1 Å². The Hall–Kier alpha value is -3.10. The average molecular weight is 505 g/mol. The van der Waals surface area contributed by atoms with Gasteiger partial charge in [0.25, 0.3) is 0 Å². The molecule has 0 bridgehead atoms. The molecule has 190 valence electrons. The van der Waals surface area contributed by atoms with Gasteiger partial charge in [0, 0.05) is 0 Å². The van der Waals surface area contributed by atoms with Gasteiger partial charge >= 0.3 is 0 Å². The third kappa shape index (κ3) is 4.68. The molecule has 37 heavy (non-hydrogen) atoms. The summed E-state index contributed by atoms with van der Waals surface area (Å²) < 4.78 is 6.43. The fourth-order valence-electron chi connectivity index (χ4n) is 6.10. The molecule has 1 heterocycles. The Kier molecular flexibility index (Phi) is 7.67. The van der Waals surface area contributed by atoms with Crippen LogP contribution in [0.1, 0.15) is 62.1 Å². The standard InChI is InChI=1S/C35H40OSi/c1-5-6-7-8-9-16-21-36-33-25-32-31-22-26(2)27(3)23-34(31)37(35(32)24-28(33)4,29-17-12-10-13-18-29)30-19-14-11-15-20-30/h10-15,17-20,22-25H,5-9,16,21H2,1-4H3. The Bertz CT molecular complexity index is 1320. The summed E-state index contributed by atoms with van der Waals surface area (Å²) in [6.45, 7) is 9.80. The predicted molar refractivity (Wildman–Crippen MR) is 162 cm³/mol. The van der Waals surface area contributed by atoms with Gasteiger partial charge in [0.2, 0.25) is 0 Å². The molecule has 0 aromatic heterocycles. The fourth-order valence-corrected chi connectivity index (χ4v) is 11.4. The van der Waals surface area contributed by atoms with Gasteiger partial charge in [-0.1, -0.05) is 118 Å². The van der Waals surface area contributed by atoms with E-state index in [0.717, 1.165) is 18.8 Å². The molecule has 0 radical (unpaired) electrons. The Morgan fingerprint density at radius 2 is 1.08 bits per heavy atom. The molecule has 2 heteroatoms. The molecule has 0 fully saturated rings. The highest BCUT2D eigenvalue weighted by atomic mass is 28.3. The number of hydrogen-bond donors (Lipinski definition) is 0. The minimum absolute atomic E-state index is 0.797. The summed E-state index contributed by atoms with van der Waals surface area (Å²) >= 11 is 0. The number of hydrogen-bond acceptors (Lipinski definition) is 1. The molecule has 1 nitrogen and oxygen atoms in total. The molecule has 0 unspecified atom stereocenters. The zero-order valence-corrected chi connectivity index (χ0v) is 23.9. The smallest absolute Gasteiger partial charge is 0.180 e. The van der Waals surface area contributed by atoms with Crippen molar-refractivity contribution in [1.29, 1.82) is 0 Å².